The van der Waals surface area contributed by atoms with Crippen LogP contribution < -0.4 is 4.74 Å². The molecular formula is C26H23ClFNO3. The number of aromatic nitrogens is 1. The number of nitrogens with zero attached hydrogens (tertiary/aromatic N) is 1. The van der Waals surface area contributed by atoms with E-state index in [9.17, 15) is 9.18 Å². The first-order valence-electron chi connectivity index (χ1n) is 10.6. The summed E-state index contributed by atoms with van der Waals surface area (Å²) in [4.78, 5) is 16.7. The Labute approximate surface area is 191 Å². The van der Waals surface area contributed by atoms with Crippen molar-refractivity contribution in [2.45, 2.75) is 32.8 Å². The van der Waals surface area contributed by atoms with Gasteiger partial charge in [-0.25, -0.2) is 14.2 Å². The van der Waals surface area contributed by atoms with Gasteiger partial charge in [-0.3, -0.25) is 0 Å². The lowest BCUT2D eigenvalue weighted by Crippen LogP contribution is -2.08. The van der Waals surface area contributed by atoms with Crippen LogP contribution in [0.4, 0.5) is 4.39 Å². The number of rotatable bonds is 7. The van der Waals surface area contributed by atoms with Crippen molar-refractivity contribution in [3.05, 3.63) is 94.0 Å². The standard InChI is InChI=1S/C26H23ClFNO3/c1-2-31-26(30)24-11-6-10-23(29-24)20-9-5-8-19(20)21-7-3-4-12-25(21)32-16-17-13-14-18(28)15-22(17)27/h3-4,6-7,10-15H,2,5,8-9,16H2,1H3. The molecule has 0 spiro atoms. The number of allylic oxidation sites excluding steroid dienone is 2. The van der Waals surface area contributed by atoms with Crippen molar-refractivity contribution in [2.24, 2.45) is 0 Å². The van der Waals surface area contributed by atoms with Gasteiger partial charge in [-0.1, -0.05) is 41.9 Å². The topological polar surface area (TPSA) is 48.4 Å². The summed E-state index contributed by atoms with van der Waals surface area (Å²) in [7, 11) is 0. The second-order valence-corrected chi connectivity index (χ2v) is 7.87. The number of esters is 1. The molecule has 164 valence electrons. The highest BCUT2D eigenvalue weighted by Gasteiger charge is 2.22. The van der Waals surface area contributed by atoms with E-state index in [-0.39, 0.29) is 12.4 Å². The molecule has 0 bridgehead atoms. The molecule has 0 fully saturated rings. The molecule has 6 heteroatoms. The van der Waals surface area contributed by atoms with Crippen molar-refractivity contribution in [1.82, 2.24) is 4.98 Å². The molecule has 0 amide bonds. The molecule has 3 aromatic rings. The highest BCUT2D eigenvalue weighted by molar-refractivity contribution is 6.31. The maximum Gasteiger partial charge on any atom is 0.356 e. The molecule has 0 radical (unpaired) electrons. The van der Waals surface area contributed by atoms with Crippen molar-refractivity contribution < 1.29 is 18.7 Å². The quantitative estimate of drug-likeness (QED) is 0.374. The molecule has 0 N–H and O–H groups in total. The Hall–Kier alpha value is -3.18. The molecule has 2 aromatic carbocycles. The second kappa shape index (κ2) is 9.96. The largest absolute Gasteiger partial charge is 0.488 e. The van der Waals surface area contributed by atoms with Crippen LogP contribution in [0, 0.1) is 5.82 Å². The van der Waals surface area contributed by atoms with Gasteiger partial charge in [-0.2, -0.15) is 0 Å². The van der Waals surface area contributed by atoms with Crippen molar-refractivity contribution in [3.8, 4) is 5.75 Å². The summed E-state index contributed by atoms with van der Waals surface area (Å²) in [6.07, 6.45) is 2.75. The fourth-order valence-corrected chi connectivity index (χ4v) is 4.10. The molecule has 0 atom stereocenters. The maximum absolute atomic E-state index is 13.3. The van der Waals surface area contributed by atoms with E-state index in [0.717, 1.165) is 47.4 Å². The van der Waals surface area contributed by atoms with E-state index in [2.05, 4.69) is 4.98 Å². The Morgan fingerprint density at radius 3 is 2.69 bits per heavy atom. The number of halogens is 2. The summed E-state index contributed by atoms with van der Waals surface area (Å²) >= 11 is 6.15. The third-order valence-corrected chi connectivity index (χ3v) is 5.72. The lowest BCUT2D eigenvalue weighted by atomic mass is 9.99. The number of carbonyl (C=O) groups is 1. The first-order chi connectivity index (χ1) is 15.6. The zero-order chi connectivity index (χ0) is 22.5. The minimum atomic E-state index is -0.422. The summed E-state index contributed by atoms with van der Waals surface area (Å²) in [5, 5.41) is 0.336. The summed E-state index contributed by atoms with van der Waals surface area (Å²) in [6, 6.07) is 17.5. The summed E-state index contributed by atoms with van der Waals surface area (Å²) in [5.74, 6) is -0.0734. The van der Waals surface area contributed by atoms with Crippen molar-refractivity contribution in [2.75, 3.05) is 6.61 Å². The monoisotopic (exact) mass is 451 g/mol. The zero-order valence-corrected chi connectivity index (χ0v) is 18.5. The minimum Gasteiger partial charge on any atom is -0.488 e. The molecule has 0 saturated carbocycles. The van der Waals surface area contributed by atoms with E-state index < -0.39 is 5.97 Å². The summed E-state index contributed by atoms with van der Waals surface area (Å²) < 4.78 is 24.5. The number of carbonyl (C=O) groups excluding carboxylic acids is 1. The summed E-state index contributed by atoms with van der Waals surface area (Å²) in [6.45, 7) is 2.31. The smallest absolute Gasteiger partial charge is 0.356 e. The van der Waals surface area contributed by atoms with Gasteiger partial charge in [0.1, 0.15) is 23.9 Å². The molecule has 0 unspecified atom stereocenters. The molecule has 0 saturated heterocycles. The van der Waals surface area contributed by atoms with Crippen LogP contribution in [-0.4, -0.2) is 17.6 Å². The van der Waals surface area contributed by atoms with Crippen LogP contribution in [0.25, 0.3) is 11.1 Å². The number of benzene rings is 2. The Kier molecular flexibility index (Phi) is 6.86. The van der Waals surface area contributed by atoms with Crippen LogP contribution in [-0.2, 0) is 11.3 Å². The molecule has 4 rings (SSSR count). The Bertz CT molecular complexity index is 1180. The number of hydrogen-bond acceptors (Lipinski definition) is 4. The molecule has 1 heterocycles. The van der Waals surface area contributed by atoms with Gasteiger partial charge in [0.15, 0.2) is 0 Å². The van der Waals surface area contributed by atoms with Gasteiger partial charge in [0, 0.05) is 11.1 Å². The van der Waals surface area contributed by atoms with Gasteiger partial charge in [0.25, 0.3) is 0 Å². The molecule has 1 aromatic heterocycles. The van der Waals surface area contributed by atoms with Gasteiger partial charge in [-0.05, 0) is 67.7 Å². The zero-order valence-electron chi connectivity index (χ0n) is 17.7. The average Bonchev–Trinajstić information content (AvgIpc) is 3.29. The first kappa shape index (κ1) is 22.0. The van der Waals surface area contributed by atoms with E-state index in [0.29, 0.717) is 22.9 Å². The van der Waals surface area contributed by atoms with E-state index in [1.165, 1.54) is 12.1 Å². The third-order valence-electron chi connectivity index (χ3n) is 5.37. The fraction of sp³-hybridized carbons (Fsp3) is 0.231. The van der Waals surface area contributed by atoms with Crippen molar-refractivity contribution in [1.29, 1.82) is 0 Å². The van der Waals surface area contributed by atoms with Crippen LogP contribution in [0.5, 0.6) is 5.75 Å². The molecule has 4 nitrogen and oxygen atoms in total. The van der Waals surface area contributed by atoms with Crippen molar-refractivity contribution in [3.63, 3.8) is 0 Å². The van der Waals surface area contributed by atoms with E-state index >= 15 is 0 Å². The van der Waals surface area contributed by atoms with Crippen LogP contribution in [0.1, 0.15) is 53.5 Å². The average molecular weight is 452 g/mol. The second-order valence-electron chi connectivity index (χ2n) is 7.46. The first-order valence-corrected chi connectivity index (χ1v) is 11.0. The SMILES string of the molecule is CCOC(=O)c1cccc(C2=C(c3ccccc3OCc3ccc(F)cc3Cl)CCC2)n1. The van der Waals surface area contributed by atoms with Crippen LogP contribution in [0.15, 0.2) is 60.7 Å². The Morgan fingerprint density at radius 2 is 1.88 bits per heavy atom. The van der Waals surface area contributed by atoms with Gasteiger partial charge in [0.05, 0.1) is 17.3 Å². The van der Waals surface area contributed by atoms with Crippen LogP contribution in [0.2, 0.25) is 5.02 Å². The Balaban J connectivity index is 1.65. The third kappa shape index (κ3) is 4.83. The molecule has 1 aliphatic carbocycles. The normalized spacial score (nSPS) is 13.3. The lowest BCUT2D eigenvalue weighted by molar-refractivity contribution is 0.0519. The van der Waals surface area contributed by atoms with Gasteiger partial charge < -0.3 is 9.47 Å². The maximum atomic E-state index is 13.3. The van der Waals surface area contributed by atoms with Crippen molar-refractivity contribution >= 4 is 28.7 Å². The van der Waals surface area contributed by atoms with E-state index in [4.69, 9.17) is 21.1 Å². The van der Waals surface area contributed by atoms with Gasteiger partial charge in [0.2, 0.25) is 0 Å². The van der Waals surface area contributed by atoms with Crippen LogP contribution in [0.3, 0.4) is 0 Å². The number of pyridine rings is 1. The summed E-state index contributed by atoms with van der Waals surface area (Å²) in [5.41, 5.74) is 5.04. The predicted molar refractivity (Wildman–Crippen MR) is 123 cm³/mol. The number of para-hydroxylation sites is 1. The predicted octanol–water partition coefficient (Wildman–Crippen LogP) is 6.72. The van der Waals surface area contributed by atoms with E-state index in [1.54, 1.807) is 19.1 Å². The molecule has 1 aliphatic rings. The van der Waals surface area contributed by atoms with E-state index in [1.807, 2.05) is 36.4 Å². The highest BCUT2D eigenvalue weighted by Crippen LogP contribution is 2.42. The lowest BCUT2D eigenvalue weighted by Gasteiger charge is -2.15. The van der Waals surface area contributed by atoms with Gasteiger partial charge >= 0.3 is 5.97 Å². The Morgan fingerprint density at radius 1 is 1.06 bits per heavy atom. The highest BCUT2D eigenvalue weighted by atomic mass is 35.5. The molecule has 0 aliphatic heterocycles. The number of hydrogen-bond donors (Lipinski definition) is 0. The van der Waals surface area contributed by atoms with Crippen LogP contribution >= 0.6 is 11.6 Å². The molecular weight excluding hydrogens is 429 g/mol. The fourth-order valence-electron chi connectivity index (χ4n) is 3.88. The minimum absolute atomic E-state index is 0.231. The van der Waals surface area contributed by atoms with Gasteiger partial charge in [-0.15, -0.1) is 0 Å². The number of ether oxygens (including phenoxy) is 2. The molecule has 32 heavy (non-hydrogen) atoms.